The Morgan fingerprint density at radius 3 is 2.42 bits per heavy atom. The smallest absolute Gasteiger partial charge is 0.223 e. The molecule has 1 atom stereocenters. The quantitative estimate of drug-likeness (QED) is 0.741. The zero-order valence-electron chi connectivity index (χ0n) is 15.6. The molecule has 0 spiro atoms. The second kappa shape index (κ2) is 8.75. The lowest BCUT2D eigenvalue weighted by molar-refractivity contribution is -0.132. The van der Waals surface area contributed by atoms with Gasteiger partial charge in [-0.3, -0.25) is 4.79 Å². The van der Waals surface area contributed by atoms with E-state index in [1.54, 1.807) is 7.11 Å². The first kappa shape index (κ1) is 18.3. The minimum absolute atomic E-state index is 0.189. The van der Waals surface area contributed by atoms with Crippen molar-refractivity contribution >= 4 is 5.91 Å². The number of ether oxygens (including phenoxy) is 2. The zero-order chi connectivity index (χ0) is 18.4. The van der Waals surface area contributed by atoms with E-state index in [0.29, 0.717) is 13.0 Å². The van der Waals surface area contributed by atoms with Crippen LogP contribution in [-0.2, 0) is 11.2 Å². The van der Waals surface area contributed by atoms with Gasteiger partial charge in [-0.15, -0.1) is 0 Å². The zero-order valence-corrected chi connectivity index (χ0v) is 15.6. The topological polar surface area (TPSA) is 38.8 Å². The number of hydrogen-bond acceptors (Lipinski definition) is 3. The third-order valence-electron chi connectivity index (χ3n) is 4.94. The molecule has 0 saturated carbocycles. The highest BCUT2D eigenvalue weighted by atomic mass is 16.5. The fourth-order valence-corrected chi connectivity index (χ4v) is 3.55. The van der Waals surface area contributed by atoms with Crippen LogP contribution in [0, 0.1) is 0 Å². The molecule has 0 bridgehead atoms. The minimum atomic E-state index is 0.189. The second-order valence-electron chi connectivity index (χ2n) is 6.60. The molecule has 1 aliphatic rings. The number of likely N-dealkylation sites (tertiary alicyclic amines) is 1. The SMILES string of the molecule is CCOc1ccc(C2CCCN2C(=O)CCc2ccc(OC)cc2)cc1. The van der Waals surface area contributed by atoms with Crippen molar-refractivity contribution in [3.05, 3.63) is 59.7 Å². The monoisotopic (exact) mass is 353 g/mol. The van der Waals surface area contributed by atoms with Crippen LogP contribution in [0.15, 0.2) is 48.5 Å². The molecule has 4 nitrogen and oxygen atoms in total. The van der Waals surface area contributed by atoms with Crippen LogP contribution in [0.4, 0.5) is 0 Å². The summed E-state index contributed by atoms with van der Waals surface area (Å²) < 4.78 is 10.7. The summed E-state index contributed by atoms with van der Waals surface area (Å²) in [4.78, 5) is 14.8. The summed E-state index contributed by atoms with van der Waals surface area (Å²) in [5, 5.41) is 0. The van der Waals surface area contributed by atoms with Crippen molar-refractivity contribution < 1.29 is 14.3 Å². The summed E-state index contributed by atoms with van der Waals surface area (Å²) in [5.74, 6) is 1.96. The van der Waals surface area contributed by atoms with Crippen LogP contribution in [0.3, 0.4) is 0 Å². The van der Waals surface area contributed by atoms with E-state index in [1.807, 2.05) is 48.2 Å². The normalized spacial score (nSPS) is 16.5. The van der Waals surface area contributed by atoms with Gasteiger partial charge >= 0.3 is 0 Å². The Balaban J connectivity index is 1.60. The van der Waals surface area contributed by atoms with E-state index in [2.05, 4.69) is 12.1 Å². The Kier molecular flexibility index (Phi) is 6.16. The molecule has 138 valence electrons. The molecule has 1 saturated heterocycles. The summed E-state index contributed by atoms with van der Waals surface area (Å²) in [6, 6.07) is 16.3. The predicted molar refractivity (Wildman–Crippen MR) is 103 cm³/mol. The standard InChI is InChI=1S/C22H27NO3/c1-3-26-20-13-9-18(10-14-20)21-5-4-16-23(21)22(24)15-8-17-6-11-19(25-2)12-7-17/h6-7,9-14,21H,3-5,8,15-16H2,1-2H3. The number of carbonyl (C=O) groups excluding carboxylic acids is 1. The van der Waals surface area contributed by atoms with Crippen LogP contribution in [0.5, 0.6) is 11.5 Å². The molecule has 26 heavy (non-hydrogen) atoms. The van der Waals surface area contributed by atoms with Gasteiger partial charge in [-0.05, 0) is 61.6 Å². The molecule has 1 amide bonds. The molecule has 1 unspecified atom stereocenters. The minimum Gasteiger partial charge on any atom is -0.497 e. The number of amides is 1. The number of nitrogens with zero attached hydrogens (tertiary/aromatic N) is 1. The van der Waals surface area contributed by atoms with Crippen LogP contribution in [-0.4, -0.2) is 31.1 Å². The van der Waals surface area contributed by atoms with Gasteiger partial charge < -0.3 is 14.4 Å². The highest BCUT2D eigenvalue weighted by Crippen LogP contribution is 2.33. The highest BCUT2D eigenvalue weighted by molar-refractivity contribution is 5.77. The number of benzene rings is 2. The lowest BCUT2D eigenvalue weighted by Gasteiger charge is -2.25. The maximum atomic E-state index is 12.8. The van der Waals surface area contributed by atoms with E-state index in [-0.39, 0.29) is 11.9 Å². The van der Waals surface area contributed by atoms with Crippen molar-refractivity contribution in [2.45, 2.75) is 38.6 Å². The number of rotatable bonds is 7. The maximum absolute atomic E-state index is 12.8. The first-order valence-electron chi connectivity index (χ1n) is 9.36. The number of methoxy groups -OCH3 is 1. The lowest BCUT2D eigenvalue weighted by Crippen LogP contribution is -2.30. The molecule has 1 heterocycles. The van der Waals surface area contributed by atoms with Gasteiger partial charge in [0, 0.05) is 13.0 Å². The number of hydrogen-bond donors (Lipinski definition) is 0. The predicted octanol–water partition coefficient (Wildman–Crippen LogP) is 4.39. The van der Waals surface area contributed by atoms with Gasteiger partial charge in [0.15, 0.2) is 0 Å². The summed E-state index contributed by atoms with van der Waals surface area (Å²) in [7, 11) is 1.66. The van der Waals surface area contributed by atoms with Crippen LogP contribution in [0.1, 0.15) is 43.4 Å². The Morgan fingerprint density at radius 2 is 1.77 bits per heavy atom. The summed E-state index contributed by atoms with van der Waals surface area (Å²) >= 11 is 0. The van der Waals surface area contributed by atoms with E-state index in [9.17, 15) is 4.79 Å². The van der Waals surface area contributed by atoms with Crippen molar-refractivity contribution in [2.24, 2.45) is 0 Å². The maximum Gasteiger partial charge on any atom is 0.223 e. The van der Waals surface area contributed by atoms with Gasteiger partial charge in [0.2, 0.25) is 5.91 Å². The van der Waals surface area contributed by atoms with Crippen LogP contribution in [0.25, 0.3) is 0 Å². The Bertz CT molecular complexity index is 709. The first-order valence-corrected chi connectivity index (χ1v) is 9.36. The third kappa shape index (κ3) is 4.37. The van der Waals surface area contributed by atoms with Crippen molar-refractivity contribution in [2.75, 3.05) is 20.3 Å². The molecular formula is C22H27NO3. The summed E-state index contributed by atoms with van der Waals surface area (Å²) in [6.45, 7) is 3.49. The second-order valence-corrected chi connectivity index (χ2v) is 6.60. The molecule has 1 fully saturated rings. The van der Waals surface area contributed by atoms with Gasteiger partial charge in [-0.2, -0.15) is 0 Å². The Hall–Kier alpha value is -2.49. The van der Waals surface area contributed by atoms with E-state index < -0.39 is 0 Å². The number of aryl methyl sites for hydroxylation is 1. The average Bonchev–Trinajstić information content (AvgIpc) is 3.17. The highest BCUT2D eigenvalue weighted by Gasteiger charge is 2.29. The van der Waals surface area contributed by atoms with Gasteiger partial charge in [0.1, 0.15) is 11.5 Å². The van der Waals surface area contributed by atoms with Crippen LogP contribution < -0.4 is 9.47 Å². The molecule has 3 rings (SSSR count). The summed E-state index contributed by atoms with van der Waals surface area (Å²) in [6.07, 6.45) is 3.39. The van der Waals surface area contributed by atoms with E-state index in [4.69, 9.17) is 9.47 Å². The van der Waals surface area contributed by atoms with E-state index >= 15 is 0 Å². The fourth-order valence-electron chi connectivity index (χ4n) is 3.55. The molecule has 1 aliphatic heterocycles. The molecule has 2 aromatic rings. The van der Waals surface area contributed by atoms with Crippen molar-refractivity contribution in [1.82, 2.24) is 4.90 Å². The van der Waals surface area contributed by atoms with Gasteiger partial charge in [0.25, 0.3) is 0 Å². The Labute approximate surface area is 155 Å². The van der Waals surface area contributed by atoms with Crippen LogP contribution in [0.2, 0.25) is 0 Å². The van der Waals surface area contributed by atoms with E-state index in [0.717, 1.165) is 42.9 Å². The molecular weight excluding hydrogens is 326 g/mol. The van der Waals surface area contributed by atoms with Crippen LogP contribution >= 0.6 is 0 Å². The fraction of sp³-hybridized carbons (Fsp3) is 0.409. The molecule has 2 aromatic carbocycles. The molecule has 0 aliphatic carbocycles. The van der Waals surface area contributed by atoms with Crippen molar-refractivity contribution in [3.63, 3.8) is 0 Å². The average molecular weight is 353 g/mol. The third-order valence-corrected chi connectivity index (χ3v) is 4.94. The molecule has 0 aromatic heterocycles. The molecule has 0 N–H and O–H groups in total. The largest absolute Gasteiger partial charge is 0.497 e. The summed E-state index contributed by atoms with van der Waals surface area (Å²) in [5.41, 5.74) is 2.36. The first-order chi connectivity index (χ1) is 12.7. The Morgan fingerprint density at radius 1 is 1.08 bits per heavy atom. The lowest BCUT2D eigenvalue weighted by atomic mass is 10.0. The van der Waals surface area contributed by atoms with Gasteiger partial charge in [-0.25, -0.2) is 0 Å². The molecule has 4 heteroatoms. The van der Waals surface area contributed by atoms with E-state index in [1.165, 1.54) is 5.56 Å². The van der Waals surface area contributed by atoms with Crippen molar-refractivity contribution in [1.29, 1.82) is 0 Å². The van der Waals surface area contributed by atoms with Crippen molar-refractivity contribution in [3.8, 4) is 11.5 Å². The number of carbonyl (C=O) groups is 1. The van der Waals surface area contributed by atoms with Gasteiger partial charge in [0.05, 0.1) is 19.8 Å². The molecule has 0 radical (unpaired) electrons. The van der Waals surface area contributed by atoms with Gasteiger partial charge in [-0.1, -0.05) is 24.3 Å².